The molecule has 0 saturated heterocycles. The van der Waals surface area contributed by atoms with Crippen LogP contribution in [0.25, 0.3) is 0 Å². The fraction of sp³-hybridized carbons (Fsp3) is 0.200. The molecule has 19 heavy (non-hydrogen) atoms. The second-order valence-corrected chi connectivity index (χ2v) is 5.62. The van der Waals surface area contributed by atoms with E-state index >= 15 is 0 Å². The van der Waals surface area contributed by atoms with Crippen molar-refractivity contribution in [2.45, 2.75) is 29.6 Å². The van der Waals surface area contributed by atoms with Crippen molar-refractivity contribution in [2.75, 3.05) is 0 Å². The number of hydrogen-bond acceptors (Lipinski definition) is 3. The van der Waals surface area contributed by atoms with Crippen molar-refractivity contribution in [3.05, 3.63) is 53.9 Å². The summed E-state index contributed by atoms with van der Waals surface area (Å²) in [6.07, 6.45) is 3.08. The van der Waals surface area contributed by atoms with E-state index in [1.807, 2.05) is 12.1 Å². The highest BCUT2D eigenvalue weighted by Crippen LogP contribution is 2.30. The van der Waals surface area contributed by atoms with Gasteiger partial charge in [0.2, 0.25) is 0 Å². The summed E-state index contributed by atoms with van der Waals surface area (Å²) in [5.74, 6) is -0.435. The molecule has 0 radical (unpaired) electrons. The van der Waals surface area contributed by atoms with Crippen molar-refractivity contribution in [1.82, 2.24) is 4.98 Å². The molecule has 0 aliphatic heterocycles. The molecule has 0 amide bonds. The number of benzene rings is 1. The molecule has 98 valence electrons. The Labute approximate surface area is 116 Å². The van der Waals surface area contributed by atoms with Gasteiger partial charge >= 0.3 is 5.97 Å². The largest absolute Gasteiger partial charge is 0.478 e. The third kappa shape index (κ3) is 3.35. The lowest BCUT2D eigenvalue weighted by atomic mass is 10.0. The highest BCUT2D eigenvalue weighted by atomic mass is 32.2. The van der Waals surface area contributed by atoms with Gasteiger partial charge in [-0.2, -0.15) is 0 Å². The highest BCUT2D eigenvalue weighted by Gasteiger charge is 2.11. The van der Waals surface area contributed by atoms with Crippen LogP contribution in [0.15, 0.2) is 52.5 Å². The SMILES string of the molecule is CC(C)c1ccc(Sc2cnccc2C(=O)O)cc1. The fourth-order valence-electron chi connectivity index (χ4n) is 1.69. The van der Waals surface area contributed by atoms with Crippen LogP contribution in [0.2, 0.25) is 0 Å². The molecular formula is C15H15NO2S. The predicted molar refractivity (Wildman–Crippen MR) is 75.9 cm³/mol. The van der Waals surface area contributed by atoms with Gasteiger partial charge in [-0.25, -0.2) is 4.79 Å². The molecule has 4 heteroatoms. The molecule has 3 nitrogen and oxygen atoms in total. The third-order valence-electron chi connectivity index (χ3n) is 2.79. The van der Waals surface area contributed by atoms with Crippen molar-refractivity contribution in [3.63, 3.8) is 0 Å². The number of carboxylic acids is 1. The van der Waals surface area contributed by atoms with Gasteiger partial charge in [-0.05, 0) is 29.7 Å². The van der Waals surface area contributed by atoms with E-state index in [2.05, 4.69) is 31.0 Å². The molecule has 1 aromatic carbocycles. The highest BCUT2D eigenvalue weighted by molar-refractivity contribution is 7.99. The van der Waals surface area contributed by atoms with E-state index in [0.29, 0.717) is 10.8 Å². The first kappa shape index (κ1) is 13.6. The summed E-state index contributed by atoms with van der Waals surface area (Å²) in [7, 11) is 0. The Hall–Kier alpha value is -1.81. The molecule has 1 aromatic heterocycles. The van der Waals surface area contributed by atoms with Crippen molar-refractivity contribution >= 4 is 17.7 Å². The van der Waals surface area contributed by atoms with Crippen LogP contribution >= 0.6 is 11.8 Å². The Balaban J connectivity index is 2.24. The number of nitrogens with zero attached hydrogens (tertiary/aromatic N) is 1. The van der Waals surface area contributed by atoms with Gasteiger partial charge < -0.3 is 5.11 Å². The van der Waals surface area contributed by atoms with Gasteiger partial charge in [-0.3, -0.25) is 4.98 Å². The molecule has 0 atom stereocenters. The average Bonchev–Trinajstić information content (AvgIpc) is 2.39. The van der Waals surface area contributed by atoms with Gasteiger partial charge in [-0.15, -0.1) is 0 Å². The second kappa shape index (κ2) is 5.89. The maximum absolute atomic E-state index is 11.1. The van der Waals surface area contributed by atoms with Crippen LogP contribution in [0.1, 0.15) is 35.7 Å². The summed E-state index contributed by atoms with van der Waals surface area (Å²) in [6, 6.07) is 9.69. The molecule has 0 bridgehead atoms. The van der Waals surface area contributed by atoms with Crippen LogP contribution in [-0.4, -0.2) is 16.1 Å². The van der Waals surface area contributed by atoms with E-state index in [1.54, 1.807) is 6.20 Å². The minimum atomic E-state index is -0.927. The van der Waals surface area contributed by atoms with Gasteiger partial charge in [0.25, 0.3) is 0 Å². The Morgan fingerprint density at radius 1 is 1.21 bits per heavy atom. The normalized spacial score (nSPS) is 10.7. The molecule has 0 fully saturated rings. The predicted octanol–water partition coefficient (Wildman–Crippen LogP) is 4.05. The first-order valence-corrected chi connectivity index (χ1v) is 6.84. The summed E-state index contributed by atoms with van der Waals surface area (Å²) in [4.78, 5) is 16.8. The summed E-state index contributed by atoms with van der Waals surface area (Å²) in [5.41, 5.74) is 1.56. The molecule has 1 N–H and O–H groups in total. The minimum absolute atomic E-state index is 0.285. The van der Waals surface area contributed by atoms with Crippen LogP contribution < -0.4 is 0 Å². The van der Waals surface area contributed by atoms with Gasteiger partial charge in [-0.1, -0.05) is 37.7 Å². The molecular weight excluding hydrogens is 258 g/mol. The van der Waals surface area contributed by atoms with Crippen LogP contribution in [0.5, 0.6) is 0 Å². The lowest BCUT2D eigenvalue weighted by Crippen LogP contribution is -1.98. The molecule has 0 aliphatic rings. The van der Waals surface area contributed by atoms with E-state index in [0.717, 1.165) is 4.90 Å². The van der Waals surface area contributed by atoms with Crippen molar-refractivity contribution in [1.29, 1.82) is 0 Å². The van der Waals surface area contributed by atoms with E-state index in [-0.39, 0.29) is 5.56 Å². The summed E-state index contributed by atoms with van der Waals surface area (Å²) in [6.45, 7) is 4.29. The maximum Gasteiger partial charge on any atom is 0.336 e. The zero-order chi connectivity index (χ0) is 13.8. The molecule has 2 rings (SSSR count). The quantitative estimate of drug-likeness (QED) is 0.912. The third-order valence-corrected chi connectivity index (χ3v) is 3.84. The van der Waals surface area contributed by atoms with Crippen LogP contribution in [0.3, 0.4) is 0 Å². The van der Waals surface area contributed by atoms with E-state index in [4.69, 9.17) is 5.11 Å². The number of aromatic nitrogens is 1. The lowest BCUT2D eigenvalue weighted by molar-refractivity contribution is 0.0693. The standard InChI is InChI=1S/C15H15NO2S/c1-10(2)11-3-5-12(6-4-11)19-14-9-16-8-7-13(14)15(17)18/h3-10H,1-2H3,(H,17,18). The summed E-state index contributed by atoms with van der Waals surface area (Å²) < 4.78 is 0. The van der Waals surface area contributed by atoms with Gasteiger partial charge in [0, 0.05) is 22.2 Å². The lowest BCUT2D eigenvalue weighted by Gasteiger charge is -2.08. The fourth-order valence-corrected chi connectivity index (χ4v) is 2.59. The summed E-state index contributed by atoms with van der Waals surface area (Å²) in [5, 5.41) is 9.12. The van der Waals surface area contributed by atoms with Gasteiger partial charge in [0.1, 0.15) is 0 Å². The van der Waals surface area contributed by atoms with Crippen LogP contribution in [0, 0.1) is 0 Å². The zero-order valence-electron chi connectivity index (χ0n) is 10.8. The first-order valence-electron chi connectivity index (χ1n) is 6.03. The van der Waals surface area contributed by atoms with Gasteiger partial charge in [0.15, 0.2) is 0 Å². The number of hydrogen-bond donors (Lipinski definition) is 1. The van der Waals surface area contributed by atoms with E-state index in [1.165, 1.54) is 29.6 Å². The number of pyridine rings is 1. The van der Waals surface area contributed by atoms with Crippen molar-refractivity contribution in [2.24, 2.45) is 0 Å². The van der Waals surface area contributed by atoms with Crippen LogP contribution in [-0.2, 0) is 0 Å². The number of carbonyl (C=O) groups is 1. The Kier molecular flexibility index (Phi) is 4.22. The molecule has 0 aliphatic carbocycles. The topological polar surface area (TPSA) is 50.2 Å². The van der Waals surface area contributed by atoms with Gasteiger partial charge in [0.05, 0.1) is 5.56 Å². The number of rotatable bonds is 4. The molecule has 0 spiro atoms. The van der Waals surface area contributed by atoms with E-state index in [9.17, 15) is 4.79 Å². The summed E-state index contributed by atoms with van der Waals surface area (Å²) >= 11 is 1.42. The molecule has 0 saturated carbocycles. The molecule has 2 aromatic rings. The molecule has 1 heterocycles. The Bertz CT molecular complexity index is 579. The van der Waals surface area contributed by atoms with Crippen molar-refractivity contribution < 1.29 is 9.90 Å². The average molecular weight is 273 g/mol. The maximum atomic E-state index is 11.1. The van der Waals surface area contributed by atoms with Crippen molar-refractivity contribution in [3.8, 4) is 0 Å². The minimum Gasteiger partial charge on any atom is -0.478 e. The number of carboxylic acid groups (broad SMARTS) is 1. The second-order valence-electron chi connectivity index (χ2n) is 4.50. The Morgan fingerprint density at radius 2 is 1.89 bits per heavy atom. The monoisotopic (exact) mass is 273 g/mol. The molecule has 0 unspecified atom stereocenters. The van der Waals surface area contributed by atoms with Crippen LogP contribution in [0.4, 0.5) is 0 Å². The smallest absolute Gasteiger partial charge is 0.336 e. The first-order chi connectivity index (χ1) is 9.08. The number of aromatic carboxylic acids is 1. The van der Waals surface area contributed by atoms with E-state index < -0.39 is 5.97 Å². The zero-order valence-corrected chi connectivity index (χ0v) is 11.6. The Morgan fingerprint density at radius 3 is 2.47 bits per heavy atom.